The zero-order chi connectivity index (χ0) is 23.9. The fraction of sp³-hybridized carbons (Fsp3) is 0.423. The van der Waals surface area contributed by atoms with Crippen LogP contribution in [0.1, 0.15) is 61.4 Å². The number of ether oxygens (including phenoxy) is 1. The Labute approximate surface area is 202 Å². The van der Waals surface area contributed by atoms with Crippen LogP contribution in [-0.4, -0.2) is 41.5 Å². The summed E-state index contributed by atoms with van der Waals surface area (Å²) < 4.78 is 5.76. The van der Waals surface area contributed by atoms with Crippen LogP contribution in [0.25, 0.3) is 0 Å². The van der Waals surface area contributed by atoms with Gasteiger partial charge in [-0.05, 0) is 54.9 Å². The quantitative estimate of drug-likeness (QED) is 0.315. The Morgan fingerprint density at radius 3 is 2.33 bits per heavy atom. The fourth-order valence-electron chi connectivity index (χ4n) is 3.32. The predicted molar refractivity (Wildman–Crippen MR) is 136 cm³/mol. The number of nitrogens with zero attached hydrogens (tertiary/aromatic N) is 1. The van der Waals surface area contributed by atoms with E-state index in [0.717, 1.165) is 24.2 Å². The monoisotopic (exact) mass is 469 g/mol. The first kappa shape index (κ1) is 26.3. The van der Waals surface area contributed by atoms with Gasteiger partial charge in [0.1, 0.15) is 5.75 Å². The number of benzene rings is 2. The number of thiocarbonyl (C=S) groups is 1. The number of amides is 2. The normalized spacial score (nSPS) is 10.5. The summed E-state index contributed by atoms with van der Waals surface area (Å²) in [5.74, 6) is 0.0419. The van der Waals surface area contributed by atoms with E-state index < -0.39 is 5.91 Å². The number of hydrogen-bond acceptors (Lipinski definition) is 4. The van der Waals surface area contributed by atoms with Gasteiger partial charge in [0.25, 0.3) is 5.91 Å². The molecular weight excluding hydrogens is 434 g/mol. The van der Waals surface area contributed by atoms with E-state index >= 15 is 0 Å². The summed E-state index contributed by atoms with van der Waals surface area (Å²) in [7, 11) is 0. The molecule has 0 atom stereocenters. The Morgan fingerprint density at radius 1 is 0.970 bits per heavy atom. The van der Waals surface area contributed by atoms with E-state index in [0.29, 0.717) is 25.3 Å². The van der Waals surface area contributed by atoms with Crippen molar-refractivity contribution in [3.05, 3.63) is 65.7 Å². The highest BCUT2D eigenvalue weighted by Gasteiger charge is 2.15. The number of unbranched alkanes of at least 4 members (excludes halogenated alkanes) is 4. The molecule has 0 saturated carbocycles. The molecule has 0 heterocycles. The number of nitrogens with one attached hydrogen (secondary N) is 1. The fourth-order valence-corrected chi connectivity index (χ4v) is 3.59. The van der Waals surface area contributed by atoms with E-state index in [9.17, 15) is 9.59 Å². The van der Waals surface area contributed by atoms with E-state index in [4.69, 9.17) is 22.7 Å². The maximum atomic E-state index is 12.7. The zero-order valence-corrected chi connectivity index (χ0v) is 20.2. The third-order valence-corrected chi connectivity index (χ3v) is 5.64. The Hall–Kier alpha value is -2.93. The molecule has 0 aliphatic heterocycles. The molecule has 0 unspecified atom stereocenters. The van der Waals surface area contributed by atoms with Crippen LogP contribution in [0.2, 0.25) is 0 Å². The second kappa shape index (κ2) is 15.0. The van der Waals surface area contributed by atoms with Gasteiger partial charge in [0, 0.05) is 25.1 Å². The third kappa shape index (κ3) is 10.5. The summed E-state index contributed by atoms with van der Waals surface area (Å²) in [5.41, 5.74) is 6.95. The molecule has 0 radical (unpaired) electrons. The number of carbonyl (C=O) groups is 2. The largest absolute Gasteiger partial charge is 0.494 e. The average Bonchev–Trinajstić information content (AvgIpc) is 2.82. The lowest BCUT2D eigenvalue weighted by atomic mass is 10.1. The van der Waals surface area contributed by atoms with Gasteiger partial charge in [0.15, 0.2) is 5.11 Å². The molecule has 3 N–H and O–H groups in total. The maximum absolute atomic E-state index is 12.7. The van der Waals surface area contributed by atoms with Crippen LogP contribution < -0.4 is 15.8 Å². The molecule has 6 nitrogen and oxygen atoms in total. The van der Waals surface area contributed by atoms with E-state index in [1.54, 1.807) is 29.2 Å². The molecule has 7 heteroatoms. The van der Waals surface area contributed by atoms with Crippen molar-refractivity contribution in [2.75, 3.05) is 19.7 Å². The van der Waals surface area contributed by atoms with Crippen molar-refractivity contribution in [3.63, 3.8) is 0 Å². The van der Waals surface area contributed by atoms with Gasteiger partial charge >= 0.3 is 0 Å². The Morgan fingerprint density at radius 2 is 1.67 bits per heavy atom. The molecule has 0 bridgehead atoms. The van der Waals surface area contributed by atoms with Crippen LogP contribution in [0, 0.1) is 0 Å². The molecular formula is C26H35N3O3S. The molecule has 0 aromatic heterocycles. The summed E-state index contributed by atoms with van der Waals surface area (Å²) in [4.78, 5) is 25.8. The van der Waals surface area contributed by atoms with Gasteiger partial charge in [-0.1, -0.05) is 62.9 Å². The van der Waals surface area contributed by atoms with Gasteiger partial charge in [0.05, 0.1) is 6.61 Å². The number of rotatable bonds is 14. The van der Waals surface area contributed by atoms with Crippen LogP contribution in [0.15, 0.2) is 54.6 Å². The Bertz CT molecular complexity index is 872. The molecule has 33 heavy (non-hydrogen) atoms. The minimum atomic E-state index is -0.408. The lowest BCUT2D eigenvalue weighted by Gasteiger charge is -2.25. The van der Waals surface area contributed by atoms with Crippen molar-refractivity contribution >= 4 is 29.1 Å². The number of hydrogen-bond donors (Lipinski definition) is 2. The highest BCUT2D eigenvalue weighted by Crippen LogP contribution is 2.13. The van der Waals surface area contributed by atoms with Crippen molar-refractivity contribution in [2.45, 2.75) is 51.9 Å². The summed E-state index contributed by atoms with van der Waals surface area (Å²) in [6.45, 7) is 3.80. The average molecular weight is 470 g/mol. The minimum Gasteiger partial charge on any atom is -0.494 e. The van der Waals surface area contributed by atoms with Crippen LogP contribution in [-0.2, 0) is 11.2 Å². The highest BCUT2D eigenvalue weighted by atomic mass is 32.1. The first-order chi connectivity index (χ1) is 16.0. The molecule has 2 rings (SSSR count). The number of primary amides is 1. The topological polar surface area (TPSA) is 84.7 Å². The molecule has 0 saturated heterocycles. The summed E-state index contributed by atoms with van der Waals surface area (Å²) in [5, 5.41) is 3.06. The zero-order valence-electron chi connectivity index (χ0n) is 19.4. The molecule has 0 aliphatic rings. The standard InChI is InChI=1S/C26H35N3O3S/c1-2-3-4-5-9-20-32-23-14-12-22(13-15-23)25(31)28-26(33)29(19-17-24(27)30)18-16-21-10-7-6-8-11-21/h6-8,10-15H,2-5,9,16-20H2,1H3,(H2,27,30)(H,28,31,33). The van der Waals surface area contributed by atoms with Crippen LogP contribution in [0.4, 0.5) is 0 Å². The molecule has 2 amide bonds. The van der Waals surface area contributed by atoms with Gasteiger partial charge in [-0.3, -0.25) is 14.9 Å². The summed E-state index contributed by atoms with van der Waals surface area (Å²) >= 11 is 5.46. The van der Waals surface area contributed by atoms with Crippen molar-refractivity contribution in [2.24, 2.45) is 5.73 Å². The minimum absolute atomic E-state index is 0.162. The number of nitrogens with two attached hydrogens (primary N) is 1. The van der Waals surface area contributed by atoms with Gasteiger partial charge in [0.2, 0.25) is 5.91 Å². The van der Waals surface area contributed by atoms with Gasteiger partial charge in [-0.25, -0.2) is 0 Å². The molecule has 0 aliphatic carbocycles. The first-order valence-corrected chi connectivity index (χ1v) is 12.1. The number of carbonyl (C=O) groups excluding carboxylic acids is 2. The third-order valence-electron chi connectivity index (χ3n) is 5.28. The van der Waals surface area contributed by atoms with E-state index in [2.05, 4.69) is 12.2 Å². The van der Waals surface area contributed by atoms with Gasteiger partial charge < -0.3 is 15.4 Å². The second-order valence-electron chi connectivity index (χ2n) is 7.99. The van der Waals surface area contributed by atoms with Crippen LogP contribution in [0.3, 0.4) is 0 Å². The van der Waals surface area contributed by atoms with Crippen molar-refractivity contribution in [1.82, 2.24) is 10.2 Å². The molecule has 0 spiro atoms. The van der Waals surface area contributed by atoms with E-state index in [1.165, 1.54) is 25.7 Å². The first-order valence-electron chi connectivity index (χ1n) is 11.6. The predicted octanol–water partition coefficient (Wildman–Crippen LogP) is 4.47. The maximum Gasteiger partial charge on any atom is 0.257 e. The second-order valence-corrected chi connectivity index (χ2v) is 8.37. The van der Waals surface area contributed by atoms with E-state index in [1.807, 2.05) is 30.3 Å². The van der Waals surface area contributed by atoms with Crippen molar-refractivity contribution in [3.8, 4) is 5.75 Å². The SMILES string of the molecule is CCCCCCCOc1ccc(C(=O)NC(=S)N(CCC(N)=O)CCc2ccccc2)cc1. The summed E-state index contributed by atoms with van der Waals surface area (Å²) in [6.07, 6.45) is 6.82. The summed E-state index contributed by atoms with van der Waals surface area (Å²) in [6, 6.07) is 17.0. The Kier molecular flexibility index (Phi) is 12.0. The van der Waals surface area contributed by atoms with Gasteiger partial charge in [-0.15, -0.1) is 0 Å². The van der Waals surface area contributed by atoms with E-state index in [-0.39, 0.29) is 17.4 Å². The molecule has 2 aromatic rings. The molecule has 178 valence electrons. The van der Waals surface area contributed by atoms with Crippen LogP contribution >= 0.6 is 12.2 Å². The lowest BCUT2D eigenvalue weighted by Crippen LogP contribution is -2.44. The molecule has 2 aromatic carbocycles. The smallest absolute Gasteiger partial charge is 0.257 e. The van der Waals surface area contributed by atoms with Crippen LogP contribution in [0.5, 0.6) is 5.75 Å². The van der Waals surface area contributed by atoms with Crippen molar-refractivity contribution < 1.29 is 14.3 Å². The molecule has 0 fully saturated rings. The Balaban J connectivity index is 1.86. The van der Waals surface area contributed by atoms with Crippen molar-refractivity contribution in [1.29, 1.82) is 0 Å². The highest BCUT2D eigenvalue weighted by molar-refractivity contribution is 7.80. The van der Waals surface area contributed by atoms with Gasteiger partial charge in [-0.2, -0.15) is 0 Å². The lowest BCUT2D eigenvalue weighted by molar-refractivity contribution is -0.118.